The van der Waals surface area contributed by atoms with Crippen LogP contribution in [0.4, 0.5) is 13.2 Å². The van der Waals surface area contributed by atoms with Crippen molar-refractivity contribution in [3.63, 3.8) is 0 Å². The minimum atomic E-state index is -4.13. The number of hydrogen-bond donors (Lipinski definition) is 2. The Morgan fingerprint density at radius 2 is 0.917 bits per heavy atom. The third-order valence-corrected chi connectivity index (χ3v) is 17.7. The van der Waals surface area contributed by atoms with Crippen LogP contribution < -0.4 is 10.6 Å². The normalized spacial score (nSPS) is 21.8. The number of carbonyl (C=O) groups excluding carboxylic acids is 2. The van der Waals surface area contributed by atoms with E-state index in [2.05, 4.69) is 156 Å². The van der Waals surface area contributed by atoms with Crippen LogP contribution >= 0.6 is 0 Å². The zero-order valence-corrected chi connectivity index (χ0v) is 57.5. The van der Waals surface area contributed by atoms with E-state index in [1.54, 1.807) is 4.90 Å². The highest BCUT2D eigenvalue weighted by Crippen LogP contribution is 2.52. The molecule has 1 spiro atoms. The molecule has 7 rings (SSSR count). The molecule has 1 unspecified atom stereocenters. The number of ether oxygens (including phenoxy) is 1. The maximum absolute atomic E-state index is 14.0. The van der Waals surface area contributed by atoms with Crippen LogP contribution in [0.5, 0.6) is 0 Å². The summed E-state index contributed by atoms with van der Waals surface area (Å²) in [4.78, 5) is 36.8. The van der Waals surface area contributed by atoms with Gasteiger partial charge in [0.1, 0.15) is 6.04 Å². The molecule has 0 radical (unpaired) electrons. The van der Waals surface area contributed by atoms with Crippen molar-refractivity contribution < 1.29 is 27.5 Å². The fourth-order valence-corrected chi connectivity index (χ4v) is 12.8. The van der Waals surface area contributed by atoms with Gasteiger partial charge in [0.2, 0.25) is 11.8 Å². The van der Waals surface area contributed by atoms with Gasteiger partial charge in [0.15, 0.2) is 0 Å². The number of nitrogens with zero attached hydrogens (tertiary/aromatic N) is 6. The minimum absolute atomic E-state index is 0.105. The number of rotatable bonds is 16. The number of hydrogen-bond acceptors (Lipinski definition) is 9. The molecule has 7 fully saturated rings. The lowest BCUT2D eigenvalue weighted by atomic mass is 9.61. The van der Waals surface area contributed by atoms with Gasteiger partial charge in [-0.15, -0.1) is 11.8 Å². The van der Waals surface area contributed by atoms with Crippen molar-refractivity contribution in [1.29, 1.82) is 0 Å². The van der Waals surface area contributed by atoms with E-state index in [9.17, 15) is 22.8 Å². The van der Waals surface area contributed by atoms with Crippen molar-refractivity contribution in [2.45, 2.75) is 251 Å². The first-order chi connectivity index (χ1) is 39.2. The Bertz CT molecular complexity index is 1930. The molecule has 0 aromatic rings. The van der Waals surface area contributed by atoms with Crippen LogP contribution in [-0.2, 0) is 14.3 Å². The molecule has 84 heavy (non-hydrogen) atoms. The van der Waals surface area contributed by atoms with E-state index in [0.717, 1.165) is 96.2 Å². The summed E-state index contributed by atoms with van der Waals surface area (Å²) in [5.41, 5.74) is 0.243. The second-order valence-electron chi connectivity index (χ2n) is 29.9. The lowest BCUT2D eigenvalue weighted by molar-refractivity contribution is -0.212. The number of piperidine rings is 4. The molecule has 6 saturated heterocycles. The molecule has 1 saturated carbocycles. The maximum Gasteiger partial charge on any atom is 0.404 e. The molecule has 0 aromatic carbocycles. The number of alkyl halides is 3. The molecule has 488 valence electrons. The molecule has 14 heteroatoms. The lowest BCUT2D eigenvalue weighted by Crippen LogP contribution is -2.61. The van der Waals surface area contributed by atoms with Gasteiger partial charge < -0.3 is 35.0 Å². The third kappa shape index (κ3) is 29.3. The van der Waals surface area contributed by atoms with Gasteiger partial charge >= 0.3 is 6.18 Å². The van der Waals surface area contributed by atoms with Crippen molar-refractivity contribution in [2.75, 3.05) is 98.2 Å². The van der Waals surface area contributed by atoms with Gasteiger partial charge in [-0.05, 0) is 174 Å². The van der Waals surface area contributed by atoms with Gasteiger partial charge in [0.25, 0.3) is 0 Å². The molecule has 0 bridgehead atoms. The summed E-state index contributed by atoms with van der Waals surface area (Å²) in [5.74, 6) is 18.1. The van der Waals surface area contributed by atoms with Crippen LogP contribution in [0.15, 0.2) is 0 Å². The molecule has 2 N–H and O–H groups in total. The monoisotopic (exact) mass is 1190 g/mol. The van der Waals surface area contributed by atoms with Crippen LogP contribution in [0.3, 0.4) is 0 Å². The minimum Gasteiger partial charge on any atom is -0.376 e. The molecular weight excluding hydrogens is 1060 g/mol. The Hall–Kier alpha value is -2.43. The summed E-state index contributed by atoms with van der Waals surface area (Å²) < 4.78 is 47.9. The van der Waals surface area contributed by atoms with E-state index in [0.29, 0.717) is 85.8 Å². The van der Waals surface area contributed by atoms with E-state index in [4.69, 9.17) is 4.74 Å². The second kappa shape index (κ2) is 37.5. The Labute approximate surface area is 514 Å². The molecule has 6 aliphatic heterocycles. The van der Waals surface area contributed by atoms with Crippen LogP contribution in [0.25, 0.3) is 0 Å². The third-order valence-electron chi connectivity index (χ3n) is 17.7. The van der Waals surface area contributed by atoms with Crippen molar-refractivity contribution in [3.05, 3.63) is 0 Å². The van der Waals surface area contributed by atoms with Crippen LogP contribution in [0.1, 0.15) is 203 Å². The first-order valence-corrected chi connectivity index (χ1v) is 34.0. The van der Waals surface area contributed by atoms with Gasteiger partial charge in [0, 0.05) is 113 Å². The zero-order valence-electron chi connectivity index (χ0n) is 57.5. The fraction of sp³-hybridized carbons (Fsp3) is 0.914. The van der Waals surface area contributed by atoms with E-state index in [1.165, 1.54) is 52.1 Å². The van der Waals surface area contributed by atoms with Crippen LogP contribution in [-0.4, -0.2) is 188 Å². The van der Waals surface area contributed by atoms with Gasteiger partial charge in [-0.3, -0.25) is 19.4 Å². The molecule has 1 aliphatic carbocycles. The van der Waals surface area contributed by atoms with Gasteiger partial charge in [-0.25, -0.2) is 0 Å². The summed E-state index contributed by atoms with van der Waals surface area (Å²) in [6.45, 7) is 58.2. The van der Waals surface area contributed by atoms with Crippen molar-refractivity contribution in [1.82, 2.24) is 40.0 Å². The van der Waals surface area contributed by atoms with Gasteiger partial charge in [-0.2, -0.15) is 13.2 Å². The standard InChI is InChI=1S/C22H39F3N2O.C14H25N.C12H24N2O.C12H21N.C10H20N2O/c1-16(2)15-26-9-5-18(6-10-26)20(22(23,24)25)27-11-7-21(8-12-27)13-19(14-21)28-17(3)4;1-12(2)5-6-14-7-9-15(10-8-14)11-13(3)4;1-9(2)12(15)13-11-5-7-14(8-6-11)10(3)4;1-10(2)5-6-12-8-13(9-12)7-11(3)4;1-7(2)10(13)11-9-5-12(6-9)8(3)4/h16-20H,5-15H2,1-4H3;12-14H,7-11H2,1-4H3;9-11H,5-8H2,1-4H3,(H,13,15);10-12H,7-9H2,1-4H3;7-9H,5-6H2,1-4H3,(H,11,13). The fourth-order valence-electron chi connectivity index (χ4n) is 12.8. The van der Waals surface area contributed by atoms with E-state index in [1.807, 2.05) is 41.5 Å². The van der Waals surface area contributed by atoms with E-state index in [-0.39, 0.29) is 41.1 Å². The smallest absolute Gasteiger partial charge is 0.376 e. The highest BCUT2D eigenvalue weighted by molar-refractivity contribution is 5.78. The van der Waals surface area contributed by atoms with Crippen molar-refractivity contribution >= 4 is 11.8 Å². The molecule has 6 heterocycles. The molecule has 7 aliphatic rings. The van der Waals surface area contributed by atoms with Gasteiger partial charge in [-0.1, -0.05) is 109 Å². The number of carbonyl (C=O) groups is 2. The highest BCUT2D eigenvalue weighted by atomic mass is 19.4. The predicted octanol–water partition coefficient (Wildman–Crippen LogP) is 12.7. The molecule has 1 atom stereocenters. The summed E-state index contributed by atoms with van der Waals surface area (Å²) in [5, 5.41) is 6.13. The number of amides is 2. The average molecular weight is 1190 g/mol. The van der Waals surface area contributed by atoms with Crippen molar-refractivity contribution in [3.8, 4) is 23.7 Å². The van der Waals surface area contributed by atoms with Crippen molar-refractivity contribution in [2.24, 2.45) is 64.6 Å². The summed E-state index contributed by atoms with van der Waals surface area (Å²) >= 11 is 0. The largest absolute Gasteiger partial charge is 0.404 e. The lowest BCUT2D eigenvalue weighted by Gasteiger charge is -2.54. The molecule has 2 amide bonds. The van der Waals surface area contributed by atoms with Gasteiger partial charge in [0.05, 0.1) is 18.2 Å². The summed E-state index contributed by atoms with van der Waals surface area (Å²) in [6.07, 6.45) is 6.34. The first kappa shape index (κ1) is 75.8. The quantitative estimate of drug-likeness (QED) is 0.147. The SMILES string of the molecule is CC(C)C#CC1CCN(CC(C)C)CC1.CC(C)C#CC1CN(CC(C)C)C1.CC(C)C(=O)NC1CCN(C(C)C)CC1.CC(C)C(=O)NC1CN(C(C)C)C1.CC(C)CN1CCC(C(N2CCC3(CC2)CC(OC(C)C)C3)C(F)(F)F)CC1. The van der Waals surface area contributed by atoms with Crippen LogP contribution in [0.2, 0.25) is 0 Å². The molecule has 0 aromatic heterocycles. The predicted molar refractivity (Wildman–Crippen MR) is 347 cm³/mol. The van der Waals surface area contributed by atoms with E-state index >= 15 is 0 Å². The zero-order chi connectivity index (χ0) is 63.1. The first-order valence-electron chi connectivity index (χ1n) is 34.0. The topological polar surface area (TPSA) is 86.9 Å². The molecular formula is C70H129F3N8O3. The summed E-state index contributed by atoms with van der Waals surface area (Å²) in [7, 11) is 0. The highest BCUT2D eigenvalue weighted by Gasteiger charge is 2.53. The Balaban J connectivity index is 0.000000287. The Morgan fingerprint density at radius 1 is 0.500 bits per heavy atom. The maximum atomic E-state index is 14.0. The Kier molecular flexibility index (Phi) is 33.9. The van der Waals surface area contributed by atoms with E-state index < -0.39 is 12.2 Å². The second-order valence-corrected chi connectivity index (χ2v) is 29.9. The average Bonchev–Trinajstić information content (AvgIpc) is 3.36. The molecule has 11 nitrogen and oxygen atoms in total. The Morgan fingerprint density at radius 3 is 1.31 bits per heavy atom. The number of halogens is 3. The number of likely N-dealkylation sites (tertiary alicyclic amines) is 6. The summed E-state index contributed by atoms with van der Waals surface area (Å²) in [6, 6.07) is 0.764. The van der Waals surface area contributed by atoms with Crippen LogP contribution in [0, 0.1) is 88.3 Å². The number of nitrogens with one attached hydrogen (secondary N) is 2.